The highest BCUT2D eigenvalue weighted by molar-refractivity contribution is 6.04. The number of halogens is 2. The number of amides is 3. The Morgan fingerprint density at radius 1 is 1.00 bits per heavy atom. The van der Waals surface area contributed by atoms with Gasteiger partial charge in [-0.15, -0.1) is 0 Å². The first-order valence-electron chi connectivity index (χ1n) is 13.0. The van der Waals surface area contributed by atoms with Crippen LogP contribution >= 0.6 is 0 Å². The smallest absolute Gasteiger partial charge is 0.320 e. The largest absolute Gasteiger partial charge is 0.335 e. The molecular formula is C30H32F2N6O2. The summed E-state index contributed by atoms with van der Waals surface area (Å²) < 4.78 is 27.0. The SMILES string of the molecule is Cc1ccc(C(=O)Nc2ccc(CN3CCN(C)CC3)c(F)c2)cc1C#Cc1ccc(NC(=O)NCCF)nc1. The van der Waals surface area contributed by atoms with Gasteiger partial charge < -0.3 is 15.5 Å². The van der Waals surface area contributed by atoms with Crippen molar-refractivity contribution in [1.82, 2.24) is 20.1 Å². The lowest BCUT2D eigenvalue weighted by atomic mass is 10.0. The van der Waals surface area contributed by atoms with E-state index in [1.807, 2.05) is 6.92 Å². The highest BCUT2D eigenvalue weighted by atomic mass is 19.1. The van der Waals surface area contributed by atoms with Gasteiger partial charge in [-0.05, 0) is 55.9 Å². The number of nitrogens with zero attached hydrogens (tertiary/aromatic N) is 3. The lowest BCUT2D eigenvalue weighted by Crippen LogP contribution is -2.44. The number of hydrogen-bond acceptors (Lipinski definition) is 5. The van der Waals surface area contributed by atoms with Crippen molar-refractivity contribution >= 4 is 23.4 Å². The van der Waals surface area contributed by atoms with E-state index in [4.69, 9.17) is 0 Å². The first-order chi connectivity index (χ1) is 19.3. The molecular weight excluding hydrogens is 514 g/mol. The molecule has 0 radical (unpaired) electrons. The third-order valence-corrected chi connectivity index (χ3v) is 6.53. The van der Waals surface area contributed by atoms with Gasteiger partial charge in [0.15, 0.2) is 0 Å². The van der Waals surface area contributed by atoms with Gasteiger partial charge in [-0.3, -0.25) is 15.0 Å². The first-order valence-corrected chi connectivity index (χ1v) is 13.0. The van der Waals surface area contributed by atoms with Crippen molar-refractivity contribution in [2.24, 2.45) is 0 Å². The zero-order valence-corrected chi connectivity index (χ0v) is 22.6. The minimum absolute atomic E-state index is 0.0772. The Labute approximate surface area is 232 Å². The molecule has 1 aromatic heterocycles. The molecule has 1 aliphatic rings. The Morgan fingerprint density at radius 2 is 1.80 bits per heavy atom. The Bertz CT molecular complexity index is 1410. The van der Waals surface area contributed by atoms with Crippen LogP contribution in [0.15, 0.2) is 54.7 Å². The number of pyridine rings is 1. The molecule has 0 bridgehead atoms. The molecule has 3 N–H and O–H groups in total. The number of nitrogens with one attached hydrogen (secondary N) is 3. The Kier molecular flexibility index (Phi) is 9.78. The molecule has 0 aliphatic carbocycles. The average molecular weight is 547 g/mol. The van der Waals surface area contributed by atoms with E-state index >= 15 is 0 Å². The van der Waals surface area contributed by atoms with Crippen LogP contribution in [-0.4, -0.2) is 73.2 Å². The van der Waals surface area contributed by atoms with Crippen LogP contribution in [-0.2, 0) is 6.54 Å². The normalized spacial score (nSPS) is 13.7. The molecule has 2 aromatic carbocycles. The van der Waals surface area contributed by atoms with Crippen molar-refractivity contribution in [2.75, 3.05) is 57.1 Å². The Balaban J connectivity index is 1.38. The number of alkyl halides is 1. The number of aromatic nitrogens is 1. The second kappa shape index (κ2) is 13.6. The maximum atomic E-state index is 14.8. The molecule has 2 heterocycles. The van der Waals surface area contributed by atoms with Gasteiger partial charge in [0.05, 0.1) is 0 Å². The zero-order valence-electron chi connectivity index (χ0n) is 22.6. The number of rotatable bonds is 7. The van der Waals surface area contributed by atoms with Gasteiger partial charge >= 0.3 is 6.03 Å². The number of piperazine rings is 1. The van der Waals surface area contributed by atoms with Crippen molar-refractivity contribution < 1.29 is 18.4 Å². The van der Waals surface area contributed by atoms with Crippen molar-refractivity contribution in [3.05, 3.63) is 88.4 Å². The molecule has 1 fully saturated rings. The summed E-state index contributed by atoms with van der Waals surface area (Å²) in [6.07, 6.45) is 1.51. The summed E-state index contributed by atoms with van der Waals surface area (Å²) in [5, 5.41) is 7.63. The van der Waals surface area contributed by atoms with Crippen LogP contribution in [0.25, 0.3) is 0 Å². The van der Waals surface area contributed by atoms with Gasteiger partial charge in [0.1, 0.15) is 18.3 Å². The molecule has 208 valence electrons. The fourth-order valence-corrected chi connectivity index (χ4v) is 4.10. The standard InChI is InChI=1S/C30H32F2N6O2/c1-21-3-6-24(17-23(21)7-4-22-5-10-28(34-19-22)36-30(40)33-12-11-31)29(39)35-26-9-8-25(27(32)18-26)20-38-15-13-37(2)14-16-38/h3,5-6,8-10,17-19H,11-16,20H2,1-2H3,(H,35,39)(H2,33,34,36,40). The first kappa shape index (κ1) is 28.7. The molecule has 8 nitrogen and oxygen atoms in total. The quantitative estimate of drug-likeness (QED) is 0.390. The molecule has 10 heteroatoms. The lowest BCUT2D eigenvalue weighted by molar-refractivity contribution is 0.102. The van der Waals surface area contributed by atoms with Crippen molar-refractivity contribution in [2.45, 2.75) is 13.5 Å². The van der Waals surface area contributed by atoms with Crippen LogP contribution < -0.4 is 16.0 Å². The number of likely N-dealkylation sites (N-methyl/N-ethyl adjacent to an activating group) is 1. The van der Waals surface area contributed by atoms with E-state index in [0.717, 1.165) is 31.7 Å². The van der Waals surface area contributed by atoms with Crippen LogP contribution in [0.1, 0.15) is 32.6 Å². The monoisotopic (exact) mass is 546 g/mol. The van der Waals surface area contributed by atoms with Crippen LogP contribution in [0.3, 0.4) is 0 Å². The zero-order chi connectivity index (χ0) is 28.5. The van der Waals surface area contributed by atoms with Gasteiger partial charge in [-0.25, -0.2) is 18.6 Å². The van der Waals surface area contributed by atoms with E-state index in [1.165, 1.54) is 12.3 Å². The summed E-state index contributed by atoms with van der Waals surface area (Å²) in [6.45, 7) is 5.42. The van der Waals surface area contributed by atoms with E-state index in [9.17, 15) is 18.4 Å². The third kappa shape index (κ3) is 8.09. The summed E-state index contributed by atoms with van der Waals surface area (Å²) in [4.78, 5) is 33.1. The summed E-state index contributed by atoms with van der Waals surface area (Å²) in [7, 11) is 2.08. The van der Waals surface area contributed by atoms with Crippen LogP contribution in [0, 0.1) is 24.6 Å². The number of anilines is 2. The number of aryl methyl sites for hydroxylation is 1. The summed E-state index contributed by atoms with van der Waals surface area (Å²) >= 11 is 0. The molecule has 1 aliphatic heterocycles. The van der Waals surface area contributed by atoms with Crippen molar-refractivity contribution in [3.63, 3.8) is 0 Å². The number of urea groups is 1. The summed E-state index contributed by atoms with van der Waals surface area (Å²) in [5.41, 5.74) is 3.54. The maximum absolute atomic E-state index is 14.8. The molecule has 0 unspecified atom stereocenters. The van der Waals surface area contributed by atoms with E-state index in [2.05, 4.69) is 49.6 Å². The van der Waals surface area contributed by atoms with Crippen LogP contribution in [0.4, 0.5) is 25.1 Å². The number of carbonyl (C=O) groups excluding carboxylic acids is 2. The molecule has 1 saturated heterocycles. The molecule has 3 amide bonds. The number of hydrogen-bond donors (Lipinski definition) is 3. The molecule has 40 heavy (non-hydrogen) atoms. The van der Waals surface area contributed by atoms with Gasteiger partial charge in [0.25, 0.3) is 5.91 Å². The van der Waals surface area contributed by atoms with Gasteiger partial charge in [-0.2, -0.15) is 0 Å². The minimum atomic E-state index is -0.652. The van der Waals surface area contributed by atoms with E-state index < -0.39 is 12.7 Å². The maximum Gasteiger partial charge on any atom is 0.320 e. The van der Waals surface area contributed by atoms with E-state index in [0.29, 0.717) is 40.3 Å². The minimum Gasteiger partial charge on any atom is -0.335 e. The fourth-order valence-electron chi connectivity index (χ4n) is 4.10. The molecule has 3 aromatic rings. The van der Waals surface area contributed by atoms with Gasteiger partial charge in [0.2, 0.25) is 0 Å². The highest BCUT2D eigenvalue weighted by Gasteiger charge is 2.16. The Hall–Kier alpha value is -4.33. The lowest BCUT2D eigenvalue weighted by Gasteiger charge is -2.32. The number of carbonyl (C=O) groups is 2. The molecule has 0 atom stereocenters. The second-order valence-corrected chi connectivity index (χ2v) is 9.62. The molecule has 0 spiro atoms. The predicted octanol–water partition coefficient (Wildman–Crippen LogP) is 4.02. The van der Waals surface area contributed by atoms with Crippen LogP contribution in [0.5, 0.6) is 0 Å². The van der Waals surface area contributed by atoms with Gasteiger partial charge in [-0.1, -0.05) is 24.0 Å². The Morgan fingerprint density at radius 3 is 2.50 bits per heavy atom. The summed E-state index contributed by atoms with van der Waals surface area (Å²) in [5.74, 6) is 5.66. The average Bonchev–Trinajstić information content (AvgIpc) is 2.95. The fraction of sp³-hybridized carbons (Fsp3) is 0.300. The van der Waals surface area contributed by atoms with Crippen LogP contribution in [0.2, 0.25) is 0 Å². The van der Waals surface area contributed by atoms with Crippen molar-refractivity contribution in [1.29, 1.82) is 0 Å². The summed E-state index contributed by atoms with van der Waals surface area (Å²) in [6, 6.07) is 12.7. The van der Waals surface area contributed by atoms with Crippen molar-refractivity contribution in [3.8, 4) is 11.8 Å². The molecule has 4 rings (SSSR count). The van der Waals surface area contributed by atoms with E-state index in [1.54, 1.807) is 42.5 Å². The third-order valence-electron chi connectivity index (χ3n) is 6.53. The highest BCUT2D eigenvalue weighted by Crippen LogP contribution is 2.19. The van der Waals surface area contributed by atoms with E-state index in [-0.39, 0.29) is 18.3 Å². The van der Waals surface area contributed by atoms with Gasteiger partial charge in [0, 0.05) is 73.4 Å². The predicted molar refractivity (Wildman–Crippen MR) is 152 cm³/mol. The number of benzene rings is 2. The topological polar surface area (TPSA) is 89.6 Å². The molecule has 0 saturated carbocycles. The second-order valence-electron chi connectivity index (χ2n) is 9.62.